The second-order valence-electron chi connectivity index (χ2n) is 4.84. The van der Waals surface area contributed by atoms with E-state index in [-0.39, 0.29) is 26.1 Å². The van der Waals surface area contributed by atoms with Gasteiger partial charge in [-0.2, -0.15) is 0 Å². The highest BCUT2D eigenvalue weighted by Crippen LogP contribution is 1.99. The van der Waals surface area contributed by atoms with Crippen molar-refractivity contribution in [3.8, 4) is 0 Å². The summed E-state index contributed by atoms with van der Waals surface area (Å²) in [5.41, 5.74) is 0. The van der Waals surface area contributed by atoms with E-state index in [1.807, 2.05) is 0 Å². The molecule has 0 spiro atoms. The van der Waals surface area contributed by atoms with Gasteiger partial charge in [-0.15, -0.1) is 0 Å². The van der Waals surface area contributed by atoms with Crippen LogP contribution in [0.3, 0.4) is 0 Å². The molecular weight excluding hydrogens is 334 g/mol. The van der Waals surface area contributed by atoms with Gasteiger partial charge in [0.1, 0.15) is 19.3 Å². The highest BCUT2D eigenvalue weighted by molar-refractivity contribution is 5.86. The molecule has 0 aliphatic carbocycles. The van der Waals surface area contributed by atoms with Crippen LogP contribution in [0.1, 0.15) is 33.6 Å². The summed E-state index contributed by atoms with van der Waals surface area (Å²) in [7, 11) is 0. The molecule has 1 N–H and O–H groups in total. The fourth-order valence-corrected chi connectivity index (χ4v) is 1.55. The first-order valence-electron chi connectivity index (χ1n) is 7.86. The maximum Gasteiger partial charge on any atom is 0.330 e. The van der Waals surface area contributed by atoms with Gasteiger partial charge < -0.3 is 24.3 Å². The van der Waals surface area contributed by atoms with Gasteiger partial charge in [-0.25, -0.2) is 9.59 Å². The number of carbonyl (C=O) groups is 4. The van der Waals surface area contributed by atoms with Crippen molar-refractivity contribution >= 4 is 23.8 Å². The van der Waals surface area contributed by atoms with Gasteiger partial charge in [0.15, 0.2) is 6.29 Å². The molecular formula is C16H25NO8. The van der Waals surface area contributed by atoms with Gasteiger partial charge in [-0.1, -0.05) is 6.58 Å². The van der Waals surface area contributed by atoms with Gasteiger partial charge in [-0.3, -0.25) is 9.59 Å². The van der Waals surface area contributed by atoms with Crippen LogP contribution in [0.15, 0.2) is 12.7 Å². The van der Waals surface area contributed by atoms with Crippen molar-refractivity contribution in [3.63, 3.8) is 0 Å². The molecule has 9 nitrogen and oxygen atoms in total. The molecule has 0 aromatic heterocycles. The lowest BCUT2D eigenvalue weighted by Gasteiger charge is -2.17. The van der Waals surface area contributed by atoms with E-state index in [4.69, 9.17) is 14.2 Å². The van der Waals surface area contributed by atoms with E-state index in [9.17, 15) is 19.2 Å². The number of hydrogen-bond donors (Lipinski definition) is 1. The predicted octanol–water partition coefficient (Wildman–Crippen LogP) is 0.469. The molecule has 0 aliphatic rings. The second kappa shape index (κ2) is 12.9. The zero-order chi connectivity index (χ0) is 19.2. The van der Waals surface area contributed by atoms with Crippen molar-refractivity contribution in [1.29, 1.82) is 0 Å². The van der Waals surface area contributed by atoms with Crippen LogP contribution in [-0.4, -0.2) is 56.0 Å². The quantitative estimate of drug-likeness (QED) is 0.176. The SMILES string of the molecule is C=CC(=O)OCCOC(=O)CCC(=O)NC(C)C(=O)OC(C)OCC. The molecule has 0 aromatic rings. The van der Waals surface area contributed by atoms with Crippen molar-refractivity contribution in [2.45, 2.75) is 45.9 Å². The molecule has 0 saturated heterocycles. The van der Waals surface area contributed by atoms with E-state index in [1.165, 1.54) is 6.92 Å². The van der Waals surface area contributed by atoms with Gasteiger partial charge in [0.2, 0.25) is 5.91 Å². The van der Waals surface area contributed by atoms with Gasteiger partial charge >= 0.3 is 17.9 Å². The topological polar surface area (TPSA) is 117 Å². The van der Waals surface area contributed by atoms with Crippen LogP contribution in [0.4, 0.5) is 0 Å². The third kappa shape index (κ3) is 11.7. The van der Waals surface area contributed by atoms with Crippen molar-refractivity contribution in [2.24, 2.45) is 0 Å². The minimum absolute atomic E-state index is 0.0936. The van der Waals surface area contributed by atoms with Crippen LogP contribution in [0.25, 0.3) is 0 Å². The van der Waals surface area contributed by atoms with E-state index in [2.05, 4.69) is 16.6 Å². The maximum absolute atomic E-state index is 11.7. The summed E-state index contributed by atoms with van der Waals surface area (Å²) in [4.78, 5) is 45.6. The molecule has 0 aromatic carbocycles. The summed E-state index contributed by atoms with van der Waals surface area (Å²) >= 11 is 0. The smallest absolute Gasteiger partial charge is 0.330 e. The highest BCUT2D eigenvalue weighted by atomic mass is 16.7. The number of hydrogen-bond acceptors (Lipinski definition) is 8. The van der Waals surface area contributed by atoms with E-state index >= 15 is 0 Å². The summed E-state index contributed by atoms with van der Waals surface area (Å²) in [6, 6.07) is -0.871. The Morgan fingerprint density at radius 1 is 1.08 bits per heavy atom. The number of rotatable bonds is 12. The molecule has 9 heteroatoms. The zero-order valence-corrected chi connectivity index (χ0v) is 14.7. The number of nitrogens with one attached hydrogen (secondary N) is 1. The summed E-state index contributed by atoms with van der Waals surface area (Å²) in [5.74, 6) is -2.37. The molecule has 1 amide bonds. The summed E-state index contributed by atoms with van der Waals surface area (Å²) in [6.07, 6.45) is -0.0302. The summed E-state index contributed by atoms with van der Waals surface area (Å²) < 4.78 is 19.4. The predicted molar refractivity (Wildman–Crippen MR) is 86.1 cm³/mol. The maximum atomic E-state index is 11.7. The standard InChI is InChI=1S/C16H25NO8/c1-5-14(19)23-9-10-24-15(20)8-7-13(18)17-11(3)16(21)25-12(4)22-6-2/h5,11-12H,1,6-10H2,2-4H3,(H,17,18). The molecule has 0 saturated carbocycles. The average molecular weight is 359 g/mol. The molecule has 0 rings (SSSR count). The Hall–Kier alpha value is -2.42. The minimum atomic E-state index is -0.871. The molecule has 142 valence electrons. The van der Waals surface area contributed by atoms with Crippen LogP contribution in [-0.2, 0) is 38.1 Å². The molecule has 0 fully saturated rings. The summed E-state index contributed by atoms with van der Waals surface area (Å²) in [6.45, 7) is 8.20. The third-order valence-corrected chi connectivity index (χ3v) is 2.73. The fourth-order valence-electron chi connectivity index (χ4n) is 1.55. The van der Waals surface area contributed by atoms with Crippen LogP contribution in [0.2, 0.25) is 0 Å². The first-order valence-corrected chi connectivity index (χ1v) is 7.86. The van der Waals surface area contributed by atoms with Crippen LogP contribution < -0.4 is 5.32 Å². The van der Waals surface area contributed by atoms with Crippen molar-refractivity contribution in [3.05, 3.63) is 12.7 Å². The normalized spacial score (nSPS) is 12.4. The average Bonchev–Trinajstić information content (AvgIpc) is 2.56. The van der Waals surface area contributed by atoms with Gasteiger partial charge in [0, 0.05) is 19.1 Å². The second-order valence-corrected chi connectivity index (χ2v) is 4.84. The lowest BCUT2D eigenvalue weighted by molar-refractivity contribution is -0.176. The molecule has 0 radical (unpaired) electrons. The number of amides is 1. The van der Waals surface area contributed by atoms with Gasteiger partial charge in [0.25, 0.3) is 0 Å². The Morgan fingerprint density at radius 3 is 2.32 bits per heavy atom. The van der Waals surface area contributed by atoms with Crippen molar-refractivity contribution in [2.75, 3.05) is 19.8 Å². The van der Waals surface area contributed by atoms with Gasteiger partial charge in [-0.05, 0) is 20.8 Å². The van der Waals surface area contributed by atoms with Crippen LogP contribution >= 0.6 is 0 Å². The number of carbonyl (C=O) groups excluding carboxylic acids is 4. The summed E-state index contributed by atoms with van der Waals surface area (Å²) in [5, 5.41) is 2.42. The monoisotopic (exact) mass is 359 g/mol. The lowest BCUT2D eigenvalue weighted by atomic mass is 10.2. The Labute approximate surface area is 146 Å². The Balaban J connectivity index is 3.93. The molecule has 0 bridgehead atoms. The fraction of sp³-hybridized carbons (Fsp3) is 0.625. The molecule has 25 heavy (non-hydrogen) atoms. The van der Waals surface area contributed by atoms with E-state index in [1.54, 1.807) is 13.8 Å². The first kappa shape index (κ1) is 22.6. The first-order chi connectivity index (χ1) is 11.8. The number of esters is 3. The van der Waals surface area contributed by atoms with E-state index in [0.29, 0.717) is 6.61 Å². The number of ether oxygens (including phenoxy) is 4. The molecule has 0 heterocycles. The third-order valence-electron chi connectivity index (χ3n) is 2.73. The van der Waals surface area contributed by atoms with E-state index < -0.39 is 36.1 Å². The molecule has 2 atom stereocenters. The minimum Gasteiger partial charge on any atom is -0.462 e. The Kier molecular flexibility index (Phi) is 11.7. The van der Waals surface area contributed by atoms with E-state index in [0.717, 1.165) is 6.08 Å². The molecule has 0 aliphatic heterocycles. The zero-order valence-electron chi connectivity index (χ0n) is 14.7. The Morgan fingerprint density at radius 2 is 1.72 bits per heavy atom. The Bertz CT molecular complexity index is 477. The van der Waals surface area contributed by atoms with Crippen molar-refractivity contribution in [1.82, 2.24) is 5.32 Å². The largest absolute Gasteiger partial charge is 0.462 e. The van der Waals surface area contributed by atoms with Crippen molar-refractivity contribution < 1.29 is 38.1 Å². The van der Waals surface area contributed by atoms with Crippen LogP contribution in [0, 0.1) is 0 Å². The van der Waals surface area contributed by atoms with Crippen LogP contribution in [0.5, 0.6) is 0 Å². The van der Waals surface area contributed by atoms with Gasteiger partial charge in [0.05, 0.1) is 6.42 Å². The molecule has 2 unspecified atom stereocenters. The lowest BCUT2D eigenvalue weighted by Crippen LogP contribution is -2.41. The highest BCUT2D eigenvalue weighted by Gasteiger charge is 2.20.